The number of hydrogen-bond acceptors (Lipinski definition) is 3. The molecule has 1 atom stereocenters. The number of carbonyl (C=O) groups excluding carboxylic acids is 1. The summed E-state index contributed by atoms with van der Waals surface area (Å²) >= 11 is 7.43. The molecule has 0 radical (unpaired) electrons. The first-order valence-electron chi connectivity index (χ1n) is 6.70. The van der Waals surface area contributed by atoms with Crippen molar-refractivity contribution >= 4 is 35.1 Å². The van der Waals surface area contributed by atoms with E-state index in [2.05, 4.69) is 10.6 Å². The van der Waals surface area contributed by atoms with Gasteiger partial charge in [-0.05, 0) is 55.6 Å². The van der Waals surface area contributed by atoms with Crippen LogP contribution < -0.4 is 15.4 Å². The highest BCUT2D eigenvalue weighted by molar-refractivity contribution is 7.98. The molecule has 0 saturated carbocycles. The third kappa shape index (κ3) is 5.16. The number of anilines is 1. The van der Waals surface area contributed by atoms with Crippen LogP contribution in [0, 0.1) is 0 Å². The Morgan fingerprint density at radius 1 is 1.23 bits per heavy atom. The van der Waals surface area contributed by atoms with Crippen molar-refractivity contribution in [1.29, 1.82) is 0 Å². The molecule has 0 saturated heterocycles. The highest BCUT2D eigenvalue weighted by atomic mass is 35.5. The first-order chi connectivity index (χ1) is 10.6. The molecule has 2 aromatic carbocycles. The minimum atomic E-state index is -0.468. The van der Waals surface area contributed by atoms with Gasteiger partial charge in [0, 0.05) is 15.6 Å². The van der Waals surface area contributed by atoms with Gasteiger partial charge in [-0.1, -0.05) is 17.7 Å². The number of amides is 2. The van der Waals surface area contributed by atoms with E-state index in [-0.39, 0.29) is 6.03 Å². The van der Waals surface area contributed by atoms with Crippen LogP contribution >= 0.6 is 23.4 Å². The second-order valence-electron chi connectivity index (χ2n) is 4.54. The number of hydrogen-bond donors (Lipinski definition) is 2. The van der Waals surface area contributed by atoms with Crippen LogP contribution in [0.15, 0.2) is 53.4 Å². The first-order valence-corrected chi connectivity index (χ1v) is 8.31. The highest BCUT2D eigenvalue weighted by Crippen LogP contribution is 2.19. The van der Waals surface area contributed by atoms with Gasteiger partial charge in [-0.15, -0.1) is 11.8 Å². The number of rotatable bonds is 5. The molecular weight excluding hydrogens is 320 g/mol. The van der Waals surface area contributed by atoms with Crippen molar-refractivity contribution in [1.82, 2.24) is 5.32 Å². The number of carbonyl (C=O) groups is 1. The van der Waals surface area contributed by atoms with Crippen LogP contribution in [0.3, 0.4) is 0 Å². The summed E-state index contributed by atoms with van der Waals surface area (Å²) in [6.07, 6.45) is 1.52. The molecule has 0 bridgehead atoms. The summed E-state index contributed by atoms with van der Waals surface area (Å²) in [5.74, 6) is 0.640. The van der Waals surface area contributed by atoms with Gasteiger partial charge in [0.05, 0.1) is 0 Å². The maximum Gasteiger partial charge on any atom is 0.322 e. The normalized spacial score (nSPS) is 11.6. The van der Waals surface area contributed by atoms with Gasteiger partial charge in [-0.3, -0.25) is 0 Å². The summed E-state index contributed by atoms with van der Waals surface area (Å²) < 4.78 is 5.59. The average molecular weight is 337 g/mol. The molecule has 22 heavy (non-hydrogen) atoms. The van der Waals surface area contributed by atoms with Gasteiger partial charge in [-0.25, -0.2) is 4.79 Å². The molecule has 2 N–H and O–H groups in total. The SMILES string of the molecule is CSc1cccc(NC(=O)NC(C)Oc2ccc(Cl)cc2)c1. The second kappa shape index (κ2) is 7.96. The van der Waals surface area contributed by atoms with Crippen molar-refractivity contribution < 1.29 is 9.53 Å². The summed E-state index contributed by atoms with van der Waals surface area (Å²) in [6.45, 7) is 1.76. The van der Waals surface area contributed by atoms with Crippen LogP contribution in [0.25, 0.3) is 0 Å². The molecule has 0 fully saturated rings. The molecule has 2 rings (SSSR count). The van der Waals surface area contributed by atoms with Crippen LogP contribution in [0.2, 0.25) is 5.02 Å². The monoisotopic (exact) mass is 336 g/mol. The van der Waals surface area contributed by atoms with Gasteiger partial charge in [0.2, 0.25) is 0 Å². The summed E-state index contributed by atoms with van der Waals surface area (Å²) in [6, 6.07) is 14.3. The van der Waals surface area contributed by atoms with E-state index in [1.54, 1.807) is 43.0 Å². The molecule has 0 heterocycles. The van der Waals surface area contributed by atoms with E-state index in [1.807, 2.05) is 30.5 Å². The van der Waals surface area contributed by atoms with E-state index in [0.717, 1.165) is 10.6 Å². The smallest absolute Gasteiger partial charge is 0.322 e. The van der Waals surface area contributed by atoms with Gasteiger partial charge in [0.1, 0.15) is 5.75 Å². The number of halogens is 1. The number of benzene rings is 2. The second-order valence-corrected chi connectivity index (χ2v) is 5.86. The van der Waals surface area contributed by atoms with Gasteiger partial charge >= 0.3 is 6.03 Å². The van der Waals surface area contributed by atoms with Crippen molar-refractivity contribution in [2.75, 3.05) is 11.6 Å². The van der Waals surface area contributed by atoms with Crippen molar-refractivity contribution in [2.24, 2.45) is 0 Å². The molecule has 0 spiro atoms. The minimum Gasteiger partial charge on any atom is -0.471 e. The number of urea groups is 1. The number of thioether (sulfide) groups is 1. The largest absolute Gasteiger partial charge is 0.471 e. The van der Waals surface area contributed by atoms with Crippen LogP contribution in [0.1, 0.15) is 6.92 Å². The van der Waals surface area contributed by atoms with Crippen LogP contribution in [0.5, 0.6) is 5.75 Å². The molecule has 4 nitrogen and oxygen atoms in total. The zero-order chi connectivity index (χ0) is 15.9. The van der Waals surface area contributed by atoms with E-state index >= 15 is 0 Å². The van der Waals surface area contributed by atoms with E-state index in [4.69, 9.17) is 16.3 Å². The fourth-order valence-corrected chi connectivity index (χ4v) is 2.38. The van der Waals surface area contributed by atoms with Gasteiger partial charge in [-0.2, -0.15) is 0 Å². The molecule has 0 aliphatic carbocycles. The summed E-state index contributed by atoms with van der Waals surface area (Å²) in [4.78, 5) is 13.0. The van der Waals surface area contributed by atoms with Crippen LogP contribution in [-0.4, -0.2) is 18.5 Å². The summed E-state index contributed by atoms with van der Waals surface area (Å²) in [5, 5.41) is 6.13. The van der Waals surface area contributed by atoms with Crippen molar-refractivity contribution in [2.45, 2.75) is 18.0 Å². The van der Waals surface area contributed by atoms with Crippen molar-refractivity contribution in [3.63, 3.8) is 0 Å². The van der Waals surface area contributed by atoms with Crippen LogP contribution in [0.4, 0.5) is 10.5 Å². The van der Waals surface area contributed by atoms with Crippen molar-refractivity contribution in [3.05, 3.63) is 53.6 Å². The van der Waals surface area contributed by atoms with Gasteiger partial charge in [0.25, 0.3) is 0 Å². The van der Waals surface area contributed by atoms with E-state index in [1.165, 1.54) is 0 Å². The molecule has 0 aliphatic rings. The predicted molar refractivity (Wildman–Crippen MR) is 91.9 cm³/mol. The van der Waals surface area contributed by atoms with E-state index in [0.29, 0.717) is 10.8 Å². The third-order valence-corrected chi connectivity index (χ3v) is 3.77. The van der Waals surface area contributed by atoms with Gasteiger partial charge < -0.3 is 15.4 Å². The third-order valence-electron chi connectivity index (χ3n) is 2.79. The van der Waals surface area contributed by atoms with E-state index < -0.39 is 6.23 Å². The summed E-state index contributed by atoms with van der Waals surface area (Å²) in [5.41, 5.74) is 0.739. The Labute approximate surface area is 139 Å². The molecule has 2 amide bonds. The zero-order valence-electron chi connectivity index (χ0n) is 12.3. The lowest BCUT2D eigenvalue weighted by Crippen LogP contribution is -2.39. The Hall–Kier alpha value is -1.85. The molecule has 0 aliphatic heterocycles. The maximum absolute atomic E-state index is 11.9. The zero-order valence-corrected chi connectivity index (χ0v) is 13.9. The lowest BCUT2D eigenvalue weighted by molar-refractivity contribution is 0.183. The lowest BCUT2D eigenvalue weighted by atomic mass is 10.3. The molecule has 0 aromatic heterocycles. The standard InChI is InChI=1S/C16H17ClN2O2S/c1-11(21-14-8-6-12(17)7-9-14)18-16(20)19-13-4-3-5-15(10-13)22-2/h3-11H,1-2H3,(H2,18,19,20). The molecule has 116 valence electrons. The predicted octanol–water partition coefficient (Wildman–Crippen LogP) is 4.61. The number of nitrogens with one attached hydrogen (secondary N) is 2. The number of ether oxygens (including phenoxy) is 1. The van der Waals surface area contributed by atoms with E-state index in [9.17, 15) is 4.79 Å². The Morgan fingerprint density at radius 3 is 2.64 bits per heavy atom. The molecule has 1 unspecified atom stereocenters. The van der Waals surface area contributed by atoms with Gasteiger partial charge in [0.15, 0.2) is 6.23 Å². The Balaban J connectivity index is 1.86. The Bertz CT molecular complexity index is 634. The minimum absolute atomic E-state index is 0.320. The quantitative estimate of drug-likeness (QED) is 0.619. The highest BCUT2D eigenvalue weighted by Gasteiger charge is 2.09. The summed E-state index contributed by atoms with van der Waals surface area (Å²) in [7, 11) is 0. The fraction of sp³-hybridized carbons (Fsp3) is 0.188. The first kappa shape index (κ1) is 16.5. The molecular formula is C16H17ClN2O2S. The molecule has 6 heteroatoms. The lowest BCUT2D eigenvalue weighted by Gasteiger charge is -2.17. The fourth-order valence-electron chi connectivity index (χ4n) is 1.80. The maximum atomic E-state index is 11.9. The van der Waals surface area contributed by atoms with Crippen molar-refractivity contribution in [3.8, 4) is 5.75 Å². The Morgan fingerprint density at radius 2 is 1.95 bits per heavy atom. The topological polar surface area (TPSA) is 50.4 Å². The molecule has 2 aromatic rings. The average Bonchev–Trinajstić information content (AvgIpc) is 2.49. The van der Waals surface area contributed by atoms with Crippen LogP contribution in [-0.2, 0) is 0 Å². The Kier molecular flexibility index (Phi) is 5.98.